The Morgan fingerprint density at radius 2 is 2.30 bits per heavy atom. The van der Waals surface area contributed by atoms with Crippen molar-refractivity contribution in [1.82, 2.24) is 5.32 Å². The number of aromatic carboxylic acids is 1. The van der Waals surface area contributed by atoms with Gasteiger partial charge < -0.3 is 20.1 Å². The molecular weight excluding hydrogens is 281 g/mol. The molecule has 1 aromatic rings. The Labute approximate surface area is 120 Å². The summed E-state index contributed by atoms with van der Waals surface area (Å²) in [5, 5.41) is 21.6. The maximum Gasteiger partial charge on any atom is 0.525 e. The standard InChI is InChI=1S/C12H14BNO5S/c1-20-6-10(15)14-9-5-13(18)19-11-7(9)3-2-4-8(11)12(16)17/h2-4,9,18H,5-6H2,1H3,(H,14,15)(H,16,17)/t9-/m1/s1. The number of carboxylic acids is 1. The zero-order valence-corrected chi connectivity index (χ0v) is 11.6. The van der Waals surface area contributed by atoms with Gasteiger partial charge in [-0.2, -0.15) is 11.8 Å². The summed E-state index contributed by atoms with van der Waals surface area (Å²) < 4.78 is 5.21. The minimum Gasteiger partial charge on any atom is -0.535 e. The lowest BCUT2D eigenvalue weighted by atomic mass is 9.75. The molecule has 6 nitrogen and oxygen atoms in total. The SMILES string of the molecule is CSCC(=O)N[C@@H]1CB(O)Oc2c(C(=O)O)cccc21. The number of rotatable bonds is 4. The van der Waals surface area contributed by atoms with E-state index in [1.807, 2.05) is 6.26 Å². The van der Waals surface area contributed by atoms with Crippen LogP contribution in [0, 0.1) is 0 Å². The summed E-state index contributed by atoms with van der Waals surface area (Å²) >= 11 is 1.39. The van der Waals surface area contributed by atoms with Gasteiger partial charge in [-0.1, -0.05) is 12.1 Å². The second-order valence-electron chi connectivity index (χ2n) is 4.39. The second-order valence-corrected chi connectivity index (χ2v) is 5.26. The van der Waals surface area contributed by atoms with Crippen LogP contribution in [0.1, 0.15) is 22.0 Å². The molecule has 3 N–H and O–H groups in total. The van der Waals surface area contributed by atoms with Crippen molar-refractivity contribution in [3.05, 3.63) is 29.3 Å². The highest BCUT2D eigenvalue weighted by atomic mass is 32.2. The van der Waals surface area contributed by atoms with E-state index in [-0.39, 0.29) is 23.5 Å². The van der Waals surface area contributed by atoms with E-state index in [0.717, 1.165) is 0 Å². The van der Waals surface area contributed by atoms with Crippen LogP contribution in [0.5, 0.6) is 5.75 Å². The van der Waals surface area contributed by atoms with E-state index in [0.29, 0.717) is 11.3 Å². The van der Waals surface area contributed by atoms with Gasteiger partial charge in [0.1, 0.15) is 11.3 Å². The van der Waals surface area contributed by atoms with Crippen LogP contribution in [0.4, 0.5) is 0 Å². The molecule has 0 aromatic heterocycles. The van der Waals surface area contributed by atoms with E-state index in [4.69, 9.17) is 9.76 Å². The fourth-order valence-corrected chi connectivity index (χ4v) is 2.49. The van der Waals surface area contributed by atoms with Crippen molar-refractivity contribution in [3.63, 3.8) is 0 Å². The van der Waals surface area contributed by atoms with Crippen LogP contribution in [0.25, 0.3) is 0 Å². The highest BCUT2D eigenvalue weighted by molar-refractivity contribution is 7.99. The number of carbonyl (C=O) groups is 2. The van der Waals surface area contributed by atoms with Gasteiger partial charge in [-0.25, -0.2) is 4.79 Å². The van der Waals surface area contributed by atoms with Crippen LogP contribution in [0.2, 0.25) is 6.32 Å². The van der Waals surface area contributed by atoms with Crippen molar-refractivity contribution < 1.29 is 24.4 Å². The van der Waals surface area contributed by atoms with Crippen molar-refractivity contribution in [2.75, 3.05) is 12.0 Å². The van der Waals surface area contributed by atoms with E-state index in [1.54, 1.807) is 12.1 Å². The summed E-state index contributed by atoms with van der Waals surface area (Å²) in [7, 11) is -1.14. The number of hydrogen-bond donors (Lipinski definition) is 3. The molecule has 0 bridgehead atoms. The first-order valence-electron chi connectivity index (χ1n) is 6.02. The van der Waals surface area contributed by atoms with Crippen LogP contribution in [-0.4, -0.2) is 41.1 Å². The quantitative estimate of drug-likeness (QED) is 0.710. The van der Waals surface area contributed by atoms with Gasteiger partial charge in [-0.15, -0.1) is 0 Å². The predicted octanol–water partition coefficient (Wildman–Crippen LogP) is 0.778. The molecular formula is C12H14BNO5S. The second kappa shape index (κ2) is 6.19. The Balaban J connectivity index is 2.33. The third-order valence-electron chi connectivity index (χ3n) is 2.95. The summed E-state index contributed by atoms with van der Waals surface area (Å²) in [6.07, 6.45) is 2.01. The normalized spacial score (nSPS) is 17.1. The van der Waals surface area contributed by atoms with Gasteiger partial charge in [0, 0.05) is 11.9 Å². The van der Waals surface area contributed by atoms with E-state index in [9.17, 15) is 14.6 Å². The first-order chi connectivity index (χ1) is 9.52. The monoisotopic (exact) mass is 295 g/mol. The molecule has 1 amide bonds. The molecule has 1 aromatic carbocycles. The lowest BCUT2D eigenvalue weighted by molar-refractivity contribution is -0.119. The molecule has 1 aliphatic heterocycles. The average molecular weight is 295 g/mol. The Kier molecular flexibility index (Phi) is 4.56. The van der Waals surface area contributed by atoms with E-state index < -0.39 is 19.1 Å². The van der Waals surface area contributed by atoms with Crippen LogP contribution in [0.15, 0.2) is 18.2 Å². The van der Waals surface area contributed by atoms with Gasteiger partial charge in [0.2, 0.25) is 5.91 Å². The number of nitrogens with one attached hydrogen (secondary N) is 1. The molecule has 0 unspecified atom stereocenters. The van der Waals surface area contributed by atoms with E-state index >= 15 is 0 Å². The van der Waals surface area contributed by atoms with Crippen molar-refractivity contribution >= 4 is 30.8 Å². The van der Waals surface area contributed by atoms with Gasteiger partial charge in [-0.05, 0) is 12.3 Å². The molecule has 0 saturated heterocycles. The van der Waals surface area contributed by atoms with Crippen LogP contribution >= 0.6 is 11.8 Å². The molecule has 0 radical (unpaired) electrons. The summed E-state index contributed by atoms with van der Waals surface area (Å²) in [5.41, 5.74) is 0.551. The Hall–Kier alpha value is -1.67. The molecule has 1 atom stereocenters. The lowest BCUT2D eigenvalue weighted by Crippen LogP contribution is -2.39. The minimum absolute atomic E-state index is 0.0228. The molecule has 0 saturated carbocycles. The summed E-state index contributed by atoms with van der Waals surface area (Å²) in [5.74, 6) is -0.872. The summed E-state index contributed by atoms with van der Waals surface area (Å²) in [6, 6.07) is 4.24. The fourth-order valence-electron chi connectivity index (χ4n) is 2.15. The molecule has 0 spiro atoms. The molecule has 2 rings (SSSR count). The zero-order chi connectivity index (χ0) is 14.7. The molecule has 20 heavy (non-hydrogen) atoms. The molecule has 8 heteroatoms. The first kappa shape index (κ1) is 14.7. The lowest BCUT2D eigenvalue weighted by Gasteiger charge is -2.29. The first-order valence-corrected chi connectivity index (χ1v) is 7.41. The number of benzene rings is 1. The van der Waals surface area contributed by atoms with Gasteiger partial charge in [-0.3, -0.25) is 4.79 Å². The van der Waals surface area contributed by atoms with Gasteiger partial charge in [0.25, 0.3) is 0 Å². The third-order valence-corrected chi connectivity index (χ3v) is 3.50. The van der Waals surface area contributed by atoms with Crippen LogP contribution < -0.4 is 9.97 Å². The summed E-state index contributed by atoms with van der Waals surface area (Å²) in [6.45, 7) is 0. The highest BCUT2D eigenvalue weighted by Crippen LogP contribution is 2.36. The topological polar surface area (TPSA) is 95.9 Å². The molecule has 1 aliphatic rings. The number of thioether (sulfide) groups is 1. The minimum atomic E-state index is -1.14. The average Bonchev–Trinajstić information content (AvgIpc) is 2.37. The number of carboxylic acid groups (broad SMARTS) is 1. The largest absolute Gasteiger partial charge is 0.535 e. The maximum atomic E-state index is 11.7. The molecule has 1 heterocycles. The number of para-hydroxylation sites is 1. The molecule has 106 valence electrons. The zero-order valence-electron chi connectivity index (χ0n) is 10.8. The van der Waals surface area contributed by atoms with Gasteiger partial charge in [0.05, 0.1) is 11.8 Å². The van der Waals surface area contributed by atoms with Crippen LogP contribution in [-0.2, 0) is 4.79 Å². The highest BCUT2D eigenvalue weighted by Gasteiger charge is 2.34. The van der Waals surface area contributed by atoms with Crippen molar-refractivity contribution in [2.24, 2.45) is 0 Å². The van der Waals surface area contributed by atoms with E-state index in [1.165, 1.54) is 17.8 Å². The molecule has 0 fully saturated rings. The number of amides is 1. The number of fused-ring (bicyclic) bond motifs is 1. The number of carbonyl (C=O) groups excluding carboxylic acids is 1. The van der Waals surface area contributed by atoms with Crippen molar-refractivity contribution in [2.45, 2.75) is 12.4 Å². The van der Waals surface area contributed by atoms with Crippen LogP contribution in [0.3, 0.4) is 0 Å². The van der Waals surface area contributed by atoms with Gasteiger partial charge >= 0.3 is 13.1 Å². The fraction of sp³-hybridized carbons (Fsp3) is 0.333. The summed E-state index contributed by atoms with van der Waals surface area (Å²) in [4.78, 5) is 22.8. The van der Waals surface area contributed by atoms with Gasteiger partial charge in [0.15, 0.2) is 0 Å². The third kappa shape index (κ3) is 3.08. The van der Waals surface area contributed by atoms with Crippen molar-refractivity contribution in [3.8, 4) is 5.75 Å². The van der Waals surface area contributed by atoms with E-state index in [2.05, 4.69) is 5.32 Å². The predicted molar refractivity (Wildman–Crippen MR) is 76.1 cm³/mol. The smallest absolute Gasteiger partial charge is 0.525 e. The van der Waals surface area contributed by atoms with Crippen molar-refractivity contribution in [1.29, 1.82) is 0 Å². The maximum absolute atomic E-state index is 11.7. The molecule has 0 aliphatic carbocycles. The Morgan fingerprint density at radius 1 is 1.55 bits per heavy atom. The Bertz CT molecular complexity index is 539. The Morgan fingerprint density at radius 3 is 2.95 bits per heavy atom. The number of hydrogen-bond acceptors (Lipinski definition) is 5.